The zero-order valence-corrected chi connectivity index (χ0v) is 8.62. The predicted octanol–water partition coefficient (Wildman–Crippen LogP) is 0.914. The fourth-order valence-electron chi connectivity index (χ4n) is 1.92. The molecule has 78 valence electrons. The Hall–Kier alpha value is -0.120. The van der Waals surface area contributed by atoms with Crippen molar-refractivity contribution in [2.75, 3.05) is 13.7 Å². The van der Waals surface area contributed by atoms with Crippen LogP contribution in [0.15, 0.2) is 0 Å². The van der Waals surface area contributed by atoms with E-state index in [0.717, 1.165) is 12.8 Å². The Morgan fingerprint density at radius 3 is 2.46 bits per heavy atom. The molecule has 0 aromatic rings. The van der Waals surface area contributed by atoms with Gasteiger partial charge < -0.3 is 15.2 Å². The van der Waals surface area contributed by atoms with Crippen molar-refractivity contribution in [3.8, 4) is 0 Å². The van der Waals surface area contributed by atoms with E-state index < -0.39 is 0 Å². The molecule has 1 saturated carbocycles. The number of hydrogen-bond acceptors (Lipinski definition) is 3. The zero-order chi connectivity index (χ0) is 9.68. The highest BCUT2D eigenvalue weighted by atomic mass is 16.5. The van der Waals surface area contributed by atoms with Crippen LogP contribution in [0.3, 0.4) is 0 Å². The lowest BCUT2D eigenvalue weighted by atomic mass is 9.92. The van der Waals surface area contributed by atoms with Crippen LogP contribution in [-0.2, 0) is 4.74 Å². The van der Waals surface area contributed by atoms with E-state index >= 15 is 0 Å². The molecule has 13 heavy (non-hydrogen) atoms. The number of rotatable bonds is 4. The van der Waals surface area contributed by atoms with Gasteiger partial charge in [0.1, 0.15) is 0 Å². The van der Waals surface area contributed by atoms with Gasteiger partial charge in [0.25, 0.3) is 0 Å². The Balaban J connectivity index is 2.17. The lowest BCUT2D eigenvalue weighted by Gasteiger charge is -2.30. The van der Waals surface area contributed by atoms with Gasteiger partial charge in [-0.3, -0.25) is 0 Å². The third-order valence-corrected chi connectivity index (χ3v) is 2.80. The predicted molar refractivity (Wildman–Crippen MR) is 52.7 cm³/mol. The molecule has 0 radical (unpaired) electrons. The first-order valence-corrected chi connectivity index (χ1v) is 5.16. The molecule has 0 aromatic carbocycles. The fraction of sp³-hybridized carbons (Fsp3) is 1.00. The quantitative estimate of drug-likeness (QED) is 0.687. The van der Waals surface area contributed by atoms with Crippen molar-refractivity contribution in [2.45, 2.75) is 50.8 Å². The molecule has 3 heteroatoms. The monoisotopic (exact) mass is 187 g/mol. The molecule has 1 atom stereocenters. The third kappa shape index (κ3) is 3.63. The molecule has 0 bridgehead atoms. The summed E-state index contributed by atoms with van der Waals surface area (Å²) in [5.41, 5.74) is 0. The zero-order valence-electron chi connectivity index (χ0n) is 8.62. The fourth-order valence-corrected chi connectivity index (χ4v) is 1.92. The molecule has 0 heterocycles. The van der Waals surface area contributed by atoms with E-state index in [-0.39, 0.29) is 12.6 Å². The van der Waals surface area contributed by atoms with Crippen LogP contribution < -0.4 is 5.32 Å². The summed E-state index contributed by atoms with van der Waals surface area (Å²) < 4.78 is 5.29. The number of aliphatic hydroxyl groups excluding tert-OH is 1. The minimum atomic E-state index is 0.226. The Labute approximate surface area is 80.5 Å². The van der Waals surface area contributed by atoms with Crippen LogP contribution in [0.1, 0.15) is 32.6 Å². The second kappa shape index (κ2) is 5.58. The normalized spacial score (nSPS) is 31.6. The van der Waals surface area contributed by atoms with Crippen molar-refractivity contribution in [3.63, 3.8) is 0 Å². The summed E-state index contributed by atoms with van der Waals surface area (Å²) in [5, 5.41) is 12.3. The maximum Gasteiger partial charge on any atom is 0.0582 e. The van der Waals surface area contributed by atoms with Crippen molar-refractivity contribution in [3.05, 3.63) is 0 Å². The standard InChI is InChI=1S/C10H21NO2/c1-8(7-12)11-9-3-5-10(13-2)6-4-9/h8-12H,3-7H2,1-2H3. The summed E-state index contributed by atoms with van der Waals surface area (Å²) in [6, 6.07) is 0.803. The van der Waals surface area contributed by atoms with E-state index in [1.54, 1.807) is 7.11 Å². The molecule has 1 fully saturated rings. The molecule has 0 spiro atoms. The molecule has 0 aliphatic heterocycles. The SMILES string of the molecule is COC1CCC(NC(C)CO)CC1. The summed E-state index contributed by atoms with van der Waals surface area (Å²) in [7, 11) is 1.79. The van der Waals surface area contributed by atoms with E-state index in [1.807, 2.05) is 6.92 Å². The van der Waals surface area contributed by atoms with Crippen molar-refractivity contribution < 1.29 is 9.84 Å². The largest absolute Gasteiger partial charge is 0.395 e. The summed E-state index contributed by atoms with van der Waals surface area (Å²) in [5.74, 6) is 0. The number of ether oxygens (including phenoxy) is 1. The highest BCUT2D eigenvalue weighted by Crippen LogP contribution is 2.20. The van der Waals surface area contributed by atoms with Crippen LogP contribution >= 0.6 is 0 Å². The average molecular weight is 187 g/mol. The molecule has 2 N–H and O–H groups in total. The molecule has 0 saturated heterocycles. The molecule has 3 nitrogen and oxygen atoms in total. The molecule has 0 aromatic heterocycles. The Bertz CT molecular complexity index is 133. The molecule has 1 aliphatic rings. The Kier molecular flexibility index (Phi) is 4.70. The highest BCUT2D eigenvalue weighted by Gasteiger charge is 2.21. The maximum absolute atomic E-state index is 8.88. The Morgan fingerprint density at radius 1 is 1.38 bits per heavy atom. The average Bonchev–Trinajstić information content (AvgIpc) is 2.19. The van der Waals surface area contributed by atoms with E-state index in [9.17, 15) is 0 Å². The molecule has 1 aliphatic carbocycles. The summed E-state index contributed by atoms with van der Waals surface area (Å²) >= 11 is 0. The van der Waals surface area contributed by atoms with E-state index in [0.29, 0.717) is 12.1 Å². The topological polar surface area (TPSA) is 41.5 Å². The number of nitrogens with one attached hydrogen (secondary N) is 1. The van der Waals surface area contributed by atoms with Crippen molar-refractivity contribution >= 4 is 0 Å². The summed E-state index contributed by atoms with van der Waals surface area (Å²) in [6.07, 6.45) is 5.09. The van der Waals surface area contributed by atoms with Crippen LogP contribution in [0.4, 0.5) is 0 Å². The van der Waals surface area contributed by atoms with Gasteiger partial charge >= 0.3 is 0 Å². The first kappa shape index (κ1) is 11.0. The van der Waals surface area contributed by atoms with Crippen molar-refractivity contribution in [2.24, 2.45) is 0 Å². The molecular weight excluding hydrogens is 166 g/mol. The number of aliphatic hydroxyl groups is 1. The van der Waals surface area contributed by atoms with Gasteiger partial charge in [-0.1, -0.05) is 0 Å². The summed E-state index contributed by atoms with van der Waals surface area (Å²) in [6.45, 7) is 2.24. The number of methoxy groups -OCH3 is 1. The smallest absolute Gasteiger partial charge is 0.0582 e. The van der Waals surface area contributed by atoms with Gasteiger partial charge in [-0.15, -0.1) is 0 Å². The lowest BCUT2D eigenvalue weighted by Crippen LogP contribution is -2.41. The highest BCUT2D eigenvalue weighted by molar-refractivity contribution is 4.79. The second-order valence-electron chi connectivity index (χ2n) is 3.96. The minimum Gasteiger partial charge on any atom is -0.395 e. The van der Waals surface area contributed by atoms with E-state index in [4.69, 9.17) is 9.84 Å². The van der Waals surface area contributed by atoms with Crippen molar-refractivity contribution in [1.29, 1.82) is 0 Å². The van der Waals surface area contributed by atoms with Gasteiger partial charge in [0.05, 0.1) is 12.7 Å². The summed E-state index contributed by atoms with van der Waals surface area (Å²) in [4.78, 5) is 0. The van der Waals surface area contributed by atoms with Crippen LogP contribution in [-0.4, -0.2) is 37.0 Å². The van der Waals surface area contributed by atoms with Crippen molar-refractivity contribution in [1.82, 2.24) is 5.32 Å². The third-order valence-electron chi connectivity index (χ3n) is 2.80. The first-order valence-electron chi connectivity index (χ1n) is 5.16. The second-order valence-corrected chi connectivity index (χ2v) is 3.96. The molecule has 0 amide bonds. The van der Waals surface area contributed by atoms with Crippen LogP contribution in [0.25, 0.3) is 0 Å². The van der Waals surface area contributed by atoms with Gasteiger partial charge in [-0.25, -0.2) is 0 Å². The maximum atomic E-state index is 8.88. The number of hydrogen-bond donors (Lipinski definition) is 2. The van der Waals surface area contributed by atoms with Gasteiger partial charge in [0.15, 0.2) is 0 Å². The van der Waals surface area contributed by atoms with Gasteiger partial charge in [-0.2, -0.15) is 0 Å². The molecular formula is C10H21NO2. The minimum absolute atomic E-state index is 0.226. The Morgan fingerprint density at radius 2 is 2.00 bits per heavy atom. The van der Waals surface area contributed by atoms with Crippen LogP contribution in [0.5, 0.6) is 0 Å². The first-order chi connectivity index (χ1) is 6.26. The van der Waals surface area contributed by atoms with E-state index in [1.165, 1.54) is 12.8 Å². The van der Waals surface area contributed by atoms with Crippen LogP contribution in [0.2, 0.25) is 0 Å². The van der Waals surface area contributed by atoms with E-state index in [2.05, 4.69) is 5.32 Å². The lowest BCUT2D eigenvalue weighted by molar-refractivity contribution is 0.0602. The van der Waals surface area contributed by atoms with Crippen LogP contribution in [0, 0.1) is 0 Å². The molecule has 1 rings (SSSR count). The van der Waals surface area contributed by atoms with Gasteiger partial charge in [0, 0.05) is 19.2 Å². The van der Waals surface area contributed by atoms with Gasteiger partial charge in [-0.05, 0) is 32.6 Å². The molecule has 1 unspecified atom stereocenters. The van der Waals surface area contributed by atoms with Gasteiger partial charge in [0.2, 0.25) is 0 Å².